The van der Waals surface area contributed by atoms with E-state index in [1.165, 1.54) is 21.8 Å². The number of anilines is 1. The Hall–Kier alpha value is -2.61. The van der Waals surface area contributed by atoms with Crippen LogP contribution in [0.3, 0.4) is 0 Å². The Kier molecular flexibility index (Phi) is 4.97. The third kappa shape index (κ3) is 3.22. The molecule has 4 N–H and O–H groups in total. The molecule has 0 unspecified atom stereocenters. The average molecular weight is 400 g/mol. The smallest absolute Gasteiger partial charge is 0.315 e. The molecule has 0 saturated carbocycles. The van der Waals surface area contributed by atoms with Crippen LogP contribution in [0.2, 0.25) is 0 Å². The van der Waals surface area contributed by atoms with Gasteiger partial charge >= 0.3 is 6.03 Å². The number of thiazole rings is 1. The summed E-state index contributed by atoms with van der Waals surface area (Å²) in [6.07, 6.45) is 3.05. The quantitative estimate of drug-likeness (QED) is 0.825. The first-order chi connectivity index (χ1) is 13.5. The van der Waals surface area contributed by atoms with Crippen molar-refractivity contribution in [3.63, 3.8) is 0 Å². The SMILES string of the molecule is NC(=O)N1CCC[C@H]1C(=O)N1CCC(c2ccccc2)(c2csc(N)n2)CC1. The molecule has 1 aromatic heterocycles. The predicted octanol–water partition coefficient (Wildman–Crippen LogP) is 2.18. The monoisotopic (exact) mass is 399 g/mol. The topological polar surface area (TPSA) is 106 Å². The van der Waals surface area contributed by atoms with Gasteiger partial charge in [-0.05, 0) is 31.2 Å². The van der Waals surface area contributed by atoms with Crippen molar-refractivity contribution in [3.8, 4) is 0 Å². The summed E-state index contributed by atoms with van der Waals surface area (Å²) < 4.78 is 0. The molecule has 2 fully saturated rings. The first kappa shape index (κ1) is 18.7. The summed E-state index contributed by atoms with van der Waals surface area (Å²) in [5.74, 6) is 0.00996. The van der Waals surface area contributed by atoms with Crippen molar-refractivity contribution in [1.82, 2.24) is 14.8 Å². The molecule has 0 spiro atoms. The number of carbonyl (C=O) groups excluding carboxylic acids is 2. The minimum absolute atomic E-state index is 0.00996. The van der Waals surface area contributed by atoms with Gasteiger partial charge in [0.25, 0.3) is 0 Å². The van der Waals surface area contributed by atoms with Crippen molar-refractivity contribution in [2.75, 3.05) is 25.4 Å². The Bertz CT molecular complexity index is 860. The van der Waals surface area contributed by atoms with Crippen molar-refractivity contribution >= 4 is 28.4 Å². The Morgan fingerprint density at radius 1 is 1.14 bits per heavy atom. The van der Waals surface area contributed by atoms with E-state index in [1.807, 2.05) is 28.5 Å². The van der Waals surface area contributed by atoms with E-state index in [4.69, 9.17) is 11.5 Å². The summed E-state index contributed by atoms with van der Waals surface area (Å²) in [5, 5.41) is 2.60. The lowest BCUT2D eigenvalue weighted by molar-refractivity contribution is -0.136. The lowest BCUT2D eigenvalue weighted by atomic mass is 9.70. The molecule has 0 aliphatic carbocycles. The fourth-order valence-electron chi connectivity index (χ4n) is 4.56. The fraction of sp³-hybridized carbons (Fsp3) is 0.450. The van der Waals surface area contributed by atoms with Crippen molar-refractivity contribution in [3.05, 3.63) is 47.0 Å². The van der Waals surface area contributed by atoms with Crippen molar-refractivity contribution in [2.45, 2.75) is 37.1 Å². The van der Waals surface area contributed by atoms with E-state index < -0.39 is 12.1 Å². The van der Waals surface area contributed by atoms with Crippen LogP contribution in [0.15, 0.2) is 35.7 Å². The highest BCUT2D eigenvalue weighted by atomic mass is 32.1. The molecule has 0 bridgehead atoms. The number of hydrogen-bond donors (Lipinski definition) is 2. The highest BCUT2D eigenvalue weighted by molar-refractivity contribution is 7.13. The Balaban J connectivity index is 1.56. The summed E-state index contributed by atoms with van der Waals surface area (Å²) in [4.78, 5) is 32.6. The van der Waals surface area contributed by atoms with E-state index in [0.29, 0.717) is 31.2 Å². The van der Waals surface area contributed by atoms with Gasteiger partial charge in [0, 0.05) is 30.4 Å². The number of aromatic nitrogens is 1. The van der Waals surface area contributed by atoms with E-state index in [-0.39, 0.29) is 11.3 Å². The molecule has 4 rings (SSSR count). The minimum Gasteiger partial charge on any atom is -0.375 e. The maximum atomic E-state index is 13.0. The number of carbonyl (C=O) groups is 2. The molecule has 3 amide bonds. The Labute approximate surface area is 168 Å². The van der Waals surface area contributed by atoms with Gasteiger partial charge in [0.1, 0.15) is 6.04 Å². The third-order valence-electron chi connectivity index (χ3n) is 6.09. The van der Waals surface area contributed by atoms with Gasteiger partial charge in [0.15, 0.2) is 5.13 Å². The zero-order valence-corrected chi connectivity index (χ0v) is 16.5. The van der Waals surface area contributed by atoms with Gasteiger partial charge in [-0.25, -0.2) is 9.78 Å². The summed E-state index contributed by atoms with van der Waals surface area (Å²) in [6.45, 7) is 1.80. The number of urea groups is 1. The molecule has 1 aromatic carbocycles. The normalized spacial score (nSPS) is 21.6. The van der Waals surface area contributed by atoms with E-state index in [0.717, 1.165) is 25.0 Å². The first-order valence-corrected chi connectivity index (χ1v) is 10.5. The van der Waals surface area contributed by atoms with Crippen LogP contribution >= 0.6 is 11.3 Å². The molecule has 2 saturated heterocycles. The molecular formula is C20H25N5O2S. The number of piperidine rings is 1. The number of nitrogens with zero attached hydrogens (tertiary/aromatic N) is 3. The number of rotatable bonds is 3. The Morgan fingerprint density at radius 2 is 1.86 bits per heavy atom. The van der Waals surface area contributed by atoms with Crippen molar-refractivity contribution < 1.29 is 9.59 Å². The number of hydrogen-bond acceptors (Lipinski definition) is 5. The lowest BCUT2D eigenvalue weighted by Gasteiger charge is -2.42. The van der Waals surface area contributed by atoms with E-state index in [1.54, 1.807) is 0 Å². The minimum atomic E-state index is -0.510. The van der Waals surface area contributed by atoms with Gasteiger partial charge < -0.3 is 21.3 Å². The highest BCUT2D eigenvalue weighted by Crippen LogP contribution is 2.42. The van der Waals surface area contributed by atoms with Gasteiger partial charge in [-0.2, -0.15) is 0 Å². The van der Waals surface area contributed by atoms with Gasteiger partial charge in [-0.15, -0.1) is 11.3 Å². The van der Waals surface area contributed by atoms with Gasteiger partial charge in [-0.3, -0.25) is 4.79 Å². The van der Waals surface area contributed by atoms with E-state index >= 15 is 0 Å². The summed E-state index contributed by atoms with van der Waals surface area (Å²) >= 11 is 1.45. The molecule has 8 heteroatoms. The van der Waals surface area contributed by atoms with Gasteiger partial charge in [0.2, 0.25) is 5.91 Å². The number of nitrogen functional groups attached to an aromatic ring is 1. The molecule has 0 radical (unpaired) electrons. The van der Waals surface area contributed by atoms with Crippen LogP contribution in [-0.2, 0) is 10.2 Å². The zero-order chi connectivity index (χ0) is 19.7. The van der Waals surface area contributed by atoms with Crippen molar-refractivity contribution in [2.24, 2.45) is 5.73 Å². The van der Waals surface area contributed by atoms with Gasteiger partial charge in [0.05, 0.1) is 5.69 Å². The summed E-state index contributed by atoms with van der Waals surface area (Å²) in [7, 11) is 0. The van der Waals surface area contributed by atoms with E-state index in [9.17, 15) is 9.59 Å². The molecule has 148 valence electrons. The van der Waals surface area contributed by atoms with Crippen molar-refractivity contribution in [1.29, 1.82) is 0 Å². The van der Waals surface area contributed by atoms with Crippen LogP contribution in [0.25, 0.3) is 0 Å². The molecule has 2 aliphatic rings. The highest BCUT2D eigenvalue weighted by Gasteiger charge is 2.43. The number of likely N-dealkylation sites (tertiary alicyclic amines) is 2. The average Bonchev–Trinajstić information content (AvgIpc) is 3.38. The third-order valence-corrected chi connectivity index (χ3v) is 6.76. The molecular weight excluding hydrogens is 374 g/mol. The summed E-state index contributed by atoms with van der Waals surface area (Å²) in [6, 6.07) is 9.39. The first-order valence-electron chi connectivity index (χ1n) is 9.63. The number of amides is 3. The van der Waals surface area contributed by atoms with Crippen LogP contribution in [0.5, 0.6) is 0 Å². The molecule has 28 heavy (non-hydrogen) atoms. The zero-order valence-electron chi connectivity index (χ0n) is 15.7. The Morgan fingerprint density at radius 3 is 2.46 bits per heavy atom. The standard InChI is InChI=1S/C20H25N5O2S/c21-18-23-16(13-28-18)20(14-5-2-1-3-6-14)8-11-24(12-9-20)17(26)15-7-4-10-25(15)19(22)27/h1-3,5-6,13,15H,4,7-12H2,(H2,21,23)(H2,22,27)/t15-/m0/s1. The number of benzene rings is 1. The molecule has 2 aliphatic heterocycles. The van der Waals surface area contributed by atoms with Crippen LogP contribution in [0.1, 0.15) is 36.9 Å². The van der Waals surface area contributed by atoms with Crippen LogP contribution in [0, 0.1) is 0 Å². The van der Waals surface area contributed by atoms with Gasteiger partial charge in [-0.1, -0.05) is 30.3 Å². The second-order valence-electron chi connectivity index (χ2n) is 7.53. The second kappa shape index (κ2) is 7.43. The lowest BCUT2D eigenvalue weighted by Crippen LogP contribution is -2.53. The van der Waals surface area contributed by atoms with E-state index in [2.05, 4.69) is 17.1 Å². The number of nitrogens with two attached hydrogens (primary N) is 2. The van der Waals surface area contributed by atoms with Crippen LogP contribution in [0.4, 0.5) is 9.93 Å². The maximum absolute atomic E-state index is 13.0. The van der Waals surface area contributed by atoms with Crippen LogP contribution in [-0.4, -0.2) is 52.4 Å². The summed E-state index contributed by atoms with van der Waals surface area (Å²) in [5.41, 5.74) is 13.3. The predicted molar refractivity (Wildman–Crippen MR) is 109 cm³/mol. The largest absolute Gasteiger partial charge is 0.375 e. The number of primary amides is 1. The maximum Gasteiger partial charge on any atom is 0.315 e. The molecule has 2 aromatic rings. The van der Waals surface area contributed by atoms with Crippen LogP contribution < -0.4 is 11.5 Å². The molecule has 1 atom stereocenters. The molecule has 7 nitrogen and oxygen atoms in total. The second-order valence-corrected chi connectivity index (χ2v) is 8.42. The molecule has 3 heterocycles. The fourth-order valence-corrected chi connectivity index (χ4v) is 5.23.